The SMILES string of the molecule is COc1ccc(C2SCC(=O)Nc3c2c(C)nn3-c2nc(C)cc(C)n2)c(OC)c1OC. The summed E-state index contributed by atoms with van der Waals surface area (Å²) >= 11 is 1.50. The molecule has 2 aromatic heterocycles. The number of hydrogen-bond donors (Lipinski definition) is 1. The quantitative estimate of drug-likeness (QED) is 0.625. The lowest BCUT2D eigenvalue weighted by atomic mass is 10.0. The normalized spacial score (nSPS) is 15.6. The number of ether oxygens (including phenoxy) is 3. The lowest BCUT2D eigenvalue weighted by Gasteiger charge is -2.21. The third-order valence-electron chi connectivity index (χ3n) is 5.18. The van der Waals surface area contributed by atoms with Crippen LogP contribution in [0.1, 0.15) is 33.5 Å². The third-order valence-corrected chi connectivity index (χ3v) is 6.44. The highest BCUT2D eigenvalue weighted by Gasteiger charge is 2.34. The molecular weight excluding hydrogens is 430 g/mol. The molecule has 1 aliphatic rings. The zero-order valence-corrected chi connectivity index (χ0v) is 19.7. The second kappa shape index (κ2) is 8.70. The Bertz CT molecular complexity index is 1170. The fourth-order valence-electron chi connectivity index (χ4n) is 3.91. The maximum Gasteiger partial charge on any atom is 0.252 e. The fourth-order valence-corrected chi connectivity index (χ4v) is 5.11. The molecule has 0 saturated heterocycles. The Labute approximate surface area is 190 Å². The Hall–Kier alpha value is -3.27. The molecule has 168 valence electrons. The number of thioether (sulfide) groups is 1. The van der Waals surface area contributed by atoms with Crippen LogP contribution in [0.2, 0.25) is 0 Å². The molecule has 1 unspecified atom stereocenters. The average molecular weight is 456 g/mol. The number of nitrogens with one attached hydrogen (secondary N) is 1. The minimum atomic E-state index is -0.238. The molecule has 0 fully saturated rings. The van der Waals surface area contributed by atoms with Gasteiger partial charge in [-0.1, -0.05) is 0 Å². The molecule has 0 spiro atoms. The van der Waals surface area contributed by atoms with Crippen molar-refractivity contribution in [1.29, 1.82) is 0 Å². The van der Waals surface area contributed by atoms with Gasteiger partial charge in [-0.25, -0.2) is 9.97 Å². The van der Waals surface area contributed by atoms with E-state index in [-0.39, 0.29) is 16.9 Å². The van der Waals surface area contributed by atoms with Gasteiger partial charge >= 0.3 is 0 Å². The molecule has 3 heterocycles. The van der Waals surface area contributed by atoms with Crippen molar-refractivity contribution in [3.63, 3.8) is 0 Å². The molecule has 0 radical (unpaired) electrons. The summed E-state index contributed by atoms with van der Waals surface area (Å²) in [4.78, 5) is 21.7. The van der Waals surface area contributed by atoms with E-state index in [1.165, 1.54) is 11.8 Å². The number of carbonyl (C=O) groups excluding carboxylic acids is 1. The van der Waals surface area contributed by atoms with Crippen LogP contribution in [0.3, 0.4) is 0 Å². The van der Waals surface area contributed by atoms with Gasteiger partial charge in [0.05, 0.1) is 38.0 Å². The average Bonchev–Trinajstić information content (AvgIpc) is 2.97. The van der Waals surface area contributed by atoms with E-state index in [0.717, 1.165) is 28.2 Å². The largest absolute Gasteiger partial charge is 0.493 e. The van der Waals surface area contributed by atoms with E-state index in [1.807, 2.05) is 39.0 Å². The van der Waals surface area contributed by atoms with Crippen molar-refractivity contribution in [2.45, 2.75) is 26.0 Å². The van der Waals surface area contributed by atoms with E-state index in [0.29, 0.717) is 29.0 Å². The summed E-state index contributed by atoms with van der Waals surface area (Å²) in [6, 6.07) is 5.66. The van der Waals surface area contributed by atoms with Gasteiger partial charge < -0.3 is 19.5 Å². The molecule has 0 saturated carbocycles. The number of amides is 1. The molecular formula is C22H25N5O4S. The topological polar surface area (TPSA) is 100 Å². The predicted octanol–water partition coefficient (Wildman–Crippen LogP) is 3.39. The van der Waals surface area contributed by atoms with Crippen molar-refractivity contribution in [2.24, 2.45) is 0 Å². The summed E-state index contributed by atoms with van der Waals surface area (Å²) in [6.45, 7) is 5.72. The van der Waals surface area contributed by atoms with Crippen LogP contribution in [-0.2, 0) is 4.79 Å². The first-order valence-corrected chi connectivity index (χ1v) is 11.0. The number of methoxy groups -OCH3 is 3. The van der Waals surface area contributed by atoms with Crippen LogP contribution in [0.15, 0.2) is 18.2 Å². The number of fused-ring (bicyclic) bond motifs is 1. The number of nitrogens with zero attached hydrogens (tertiary/aromatic N) is 4. The number of aryl methyl sites for hydroxylation is 3. The third kappa shape index (κ3) is 3.75. The monoisotopic (exact) mass is 455 g/mol. The minimum Gasteiger partial charge on any atom is -0.493 e. The van der Waals surface area contributed by atoms with E-state index < -0.39 is 0 Å². The number of anilines is 1. The molecule has 1 N–H and O–H groups in total. The minimum absolute atomic E-state index is 0.122. The van der Waals surface area contributed by atoms with Gasteiger partial charge in [0.1, 0.15) is 5.82 Å². The first kappa shape index (κ1) is 21.9. The van der Waals surface area contributed by atoms with Gasteiger partial charge in [0, 0.05) is 22.5 Å². The number of carbonyl (C=O) groups is 1. The summed E-state index contributed by atoms with van der Waals surface area (Å²) in [5.74, 6) is 2.74. The molecule has 0 bridgehead atoms. The number of aromatic nitrogens is 4. The molecule has 1 aliphatic heterocycles. The highest BCUT2D eigenvalue weighted by Crippen LogP contribution is 2.50. The van der Waals surface area contributed by atoms with Crippen LogP contribution >= 0.6 is 11.8 Å². The van der Waals surface area contributed by atoms with Gasteiger partial charge in [-0.05, 0) is 39.0 Å². The molecule has 1 atom stereocenters. The van der Waals surface area contributed by atoms with Crippen LogP contribution in [0, 0.1) is 20.8 Å². The summed E-state index contributed by atoms with van der Waals surface area (Å²) in [6.07, 6.45) is 0. The Morgan fingerprint density at radius 1 is 1.03 bits per heavy atom. The van der Waals surface area contributed by atoms with Crippen molar-refractivity contribution >= 4 is 23.5 Å². The summed E-state index contributed by atoms with van der Waals surface area (Å²) < 4.78 is 18.3. The van der Waals surface area contributed by atoms with Gasteiger partial charge in [-0.15, -0.1) is 11.8 Å². The smallest absolute Gasteiger partial charge is 0.252 e. The zero-order chi connectivity index (χ0) is 23.0. The number of benzene rings is 1. The van der Waals surface area contributed by atoms with Crippen molar-refractivity contribution in [1.82, 2.24) is 19.7 Å². The van der Waals surface area contributed by atoms with E-state index in [1.54, 1.807) is 26.0 Å². The lowest BCUT2D eigenvalue weighted by Crippen LogP contribution is -2.17. The van der Waals surface area contributed by atoms with E-state index in [4.69, 9.17) is 19.3 Å². The lowest BCUT2D eigenvalue weighted by molar-refractivity contribution is -0.113. The van der Waals surface area contributed by atoms with Crippen LogP contribution in [0.5, 0.6) is 17.2 Å². The molecule has 32 heavy (non-hydrogen) atoms. The zero-order valence-electron chi connectivity index (χ0n) is 18.8. The summed E-state index contributed by atoms with van der Waals surface area (Å²) in [5.41, 5.74) is 4.13. The first-order valence-electron chi connectivity index (χ1n) is 10.00. The molecule has 9 nitrogen and oxygen atoms in total. The first-order chi connectivity index (χ1) is 15.4. The van der Waals surface area contributed by atoms with E-state index in [2.05, 4.69) is 15.3 Å². The molecule has 10 heteroatoms. The maximum absolute atomic E-state index is 12.6. The molecule has 4 rings (SSSR count). The van der Waals surface area contributed by atoms with Crippen molar-refractivity contribution < 1.29 is 19.0 Å². The van der Waals surface area contributed by atoms with Gasteiger partial charge in [0.25, 0.3) is 5.95 Å². The van der Waals surface area contributed by atoms with Gasteiger partial charge in [-0.3, -0.25) is 4.79 Å². The van der Waals surface area contributed by atoms with Crippen LogP contribution in [0.25, 0.3) is 5.95 Å². The van der Waals surface area contributed by atoms with Crippen molar-refractivity contribution in [3.8, 4) is 23.2 Å². The van der Waals surface area contributed by atoms with E-state index in [9.17, 15) is 4.79 Å². The molecule has 3 aromatic rings. The Balaban J connectivity index is 1.94. The van der Waals surface area contributed by atoms with Crippen LogP contribution in [-0.4, -0.2) is 52.7 Å². The summed E-state index contributed by atoms with van der Waals surface area (Å²) in [7, 11) is 4.74. The maximum atomic E-state index is 12.6. The number of rotatable bonds is 5. The highest BCUT2D eigenvalue weighted by molar-refractivity contribution is 8.00. The second-order valence-electron chi connectivity index (χ2n) is 7.37. The Morgan fingerprint density at radius 3 is 2.34 bits per heavy atom. The van der Waals surface area contributed by atoms with Crippen molar-refractivity contribution in [3.05, 3.63) is 46.4 Å². The van der Waals surface area contributed by atoms with Crippen LogP contribution < -0.4 is 19.5 Å². The highest BCUT2D eigenvalue weighted by atomic mass is 32.2. The summed E-state index contributed by atoms with van der Waals surface area (Å²) in [5, 5.41) is 7.46. The van der Waals surface area contributed by atoms with Gasteiger partial charge in [0.2, 0.25) is 11.7 Å². The standard InChI is InChI=1S/C22H25N5O4S/c1-11-9-12(2)24-22(23-11)27-21-17(13(3)26-27)20(32-10-16(28)25-21)14-7-8-15(29-4)19(31-6)18(14)30-5/h7-9,20H,10H2,1-6H3,(H,25,28). The van der Waals surface area contributed by atoms with Crippen LogP contribution in [0.4, 0.5) is 5.82 Å². The predicted molar refractivity (Wildman–Crippen MR) is 122 cm³/mol. The number of hydrogen-bond acceptors (Lipinski definition) is 8. The van der Waals surface area contributed by atoms with E-state index >= 15 is 0 Å². The molecule has 1 aromatic carbocycles. The fraction of sp³-hybridized carbons (Fsp3) is 0.364. The molecule has 0 aliphatic carbocycles. The van der Waals surface area contributed by atoms with Gasteiger partial charge in [-0.2, -0.15) is 9.78 Å². The van der Waals surface area contributed by atoms with Gasteiger partial charge in [0.15, 0.2) is 11.5 Å². The second-order valence-corrected chi connectivity index (χ2v) is 8.47. The Kier molecular flexibility index (Phi) is 5.96. The molecule has 1 amide bonds. The Morgan fingerprint density at radius 2 is 1.72 bits per heavy atom. The van der Waals surface area contributed by atoms with Crippen molar-refractivity contribution in [2.75, 3.05) is 32.4 Å².